The van der Waals surface area contributed by atoms with Gasteiger partial charge in [-0.15, -0.1) is 11.3 Å². The number of hydrogen-bond donors (Lipinski definition) is 0. The second-order valence-corrected chi connectivity index (χ2v) is 16.9. The molecule has 0 aliphatic carbocycles. The summed E-state index contributed by atoms with van der Waals surface area (Å²) < 4.78 is 9.25. The molecule has 0 aliphatic heterocycles. The zero-order valence-electron chi connectivity index (χ0n) is 32.4. The fourth-order valence-corrected chi connectivity index (χ4v) is 11.4. The van der Waals surface area contributed by atoms with Crippen LogP contribution in [0.3, 0.4) is 0 Å². The molecule has 0 fully saturated rings. The zero-order valence-corrected chi connectivity index (χ0v) is 33.3. The van der Waals surface area contributed by atoms with E-state index in [9.17, 15) is 0 Å². The minimum Gasteiger partial charge on any atom is -0.455 e. The molecule has 1 nitrogen and oxygen atoms in total. The van der Waals surface area contributed by atoms with E-state index in [0.29, 0.717) is 0 Å². The molecule has 278 valence electrons. The van der Waals surface area contributed by atoms with Crippen molar-refractivity contribution in [2.45, 2.75) is 0 Å². The number of fused-ring (bicyclic) bond motifs is 10. The molecular weight excluding hydrogens is 745 g/mol. The van der Waals surface area contributed by atoms with Crippen LogP contribution in [-0.4, -0.2) is 0 Å². The first-order valence-corrected chi connectivity index (χ1v) is 21.4. The molecule has 0 atom stereocenters. The van der Waals surface area contributed by atoms with Crippen molar-refractivity contribution in [1.82, 2.24) is 0 Å². The summed E-state index contributed by atoms with van der Waals surface area (Å²) in [6, 6.07) is 75.6. The Morgan fingerprint density at radius 2 is 0.733 bits per heavy atom. The van der Waals surface area contributed by atoms with Crippen LogP contribution in [0.1, 0.15) is 0 Å². The Kier molecular flexibility index (Phi) is 7.24. The Bertz CT molecular complexity index is 3770. The summed E-state index contributed by atoms with van der Waals surface area (Å²) in [5.74, 6) is 0. The van der Waals surface area contributed by atoms with Gasteiger partial charge in [0.05, 0.1) is 0 Å². The molecule has 0 bridgehead atoms. The lowest BCUT2D eigenvalue weighted by Crippen LogP contribution is -1.91. The van der Waals surface area contributed by atoms with Crippen molar-refractivity contribution in [1.29, 1.82) is 0 Å². The fraction of sp³-hybridized carbons (Fsp3) is 0. The summed E-state index contributed by atoms with van der Waals surface area (Å²) >= 11 is 1.90. The van der Waals surface area contributed by atoms with E-state index in [1.165, 1.54) is 102 Å². The maximum Gasteiger partial charge on any atom is 0.143 e. The van der Waals surface area contributed by atoms with E-state index in [4.69, 9.17) is 4.42 Å². The first-order chi connectivity index (χ1) is 29.8. The van der Waals surface area contributed by atoms with Crippen LogP contribution in [0, 0.1) is 0 Å². The van der Waals surface area contributed by atoms with Gasteiger partial charge in [-0.2, -0.15) is 0 Å². The number of rotatable bonds is 4. The Hall–Kier alpha value is -7.52. The Morgan fingerprint density at radius 1 is 0.283 bits per heavy atom. The monoisotopic (exact) mass is 778 g/mol. The molecule has 13 aromatic rings. The maximum atomic E-state index is 6.66. The molecule has 0 saturated heterocycles. The zero-order chi connectivity index (χ0) is 39.3. The second-order valence-electron chi connectivity index (χ2n) is 15.8. The molecule has 11 aromatic carbocycles. The molecule has 0 N–H and O–H groups in total. The largest absolute Gasteiger partial charge is 0.455 e. The van der Waals surface area contributed by atoms with Crippen LogP contribution in [0.15, 0.2) is 211 Å². The summed E-state index contributed by atoms with van der Waals surface area (Å²) in [4.78, 5) is 0. The Labute approximate surface area is 350 Å². The van der Waals surface area contributed by atoms with Crippen LogP contribution < -0.4 is 0 Å². The number of thiophene rings is 1. The number of furan rings is 1. The van der Waals surface area contributed by atoms with Crippen molar-refractivity contribution >= 4 is 96.5 Å². The molecule has 2 heteroatoms. The van der Waals surface area contributed by atoms with Gasteiger partial charge in [0.1, 0.15) is 11.2 Å². The van der Waals surface area contributed by atoms with Gasteiger partial charge in [0.15, 0.2) is 0 Å². The lowest BCUT2D eigenvalue weighted by atomic mass is 9.85. The third kappa shape index (κ3) is 4.80. The highest BCUT2D eigenvalue weighted by molar-refractivity contribution is 7.26. The van der Waals surface area contributed by atoms with Crippen molar-refractivity contribution in [3.8, 4) is 44.5 Å². The van der Waals surface area contributed by atoms with E-state index >= 15 is 0 Å². The van der Waals surface area contributed by atoms with Gasteiger partial charge >= 0.3 is 0 Å². The van der Waals surface area contributed by atoms with Gasteiger partial charge in [0.2, 0.25) is 0 Å². The lowest BCUT2D eigenvalue weighted by molar-refractivity contribution is 0.670. The molecule has 0 amide bonds. The molecule has 0 unspecified atom stereocenters. The SMILES string of the molecule is c1ccc(-c2c3ccccc3c(-c3ccc4sc5c(-c6c7ccccc7c(-c7cccc8c7oc7ccccc78)c7ccccc67)cccc5c4c3)c3ccccc23)cc1. The first-order valence-electron chi connectivity index (χ1n) is 20.6. The number of para-hydroxylation sites is 2. The predicted octanol–water partition coefficient (Wildman–Crippen LogP) is 17.2. The van der Waals surface area contributed by atoms with Crippen LogP contribution in [0.5, 0.6) is 0 Å². The fourth-order valence-electron chi connectivity index (χ4n) is 10.2. The van der Waals surface area contributed by atoms with E-state index in [2.05, 4.69) is 200 Å². The second kappa shape index (κ2) is 13.0. The van der Waals surface area contributed by atoms with Gasteiger partial charge in [0, 0.05) is 47.6 Å². The van der Waals surface area contributed by atoms with Crippen molar-refractivity contribution in [3.05, 3.63) is 206 Å². The first kappa shape index (κ1) is 33.5. The minimum atomic E-state index is 0.912. The predicted molar refractivity (Wildman–Crippen MR) is 258 cm³/mol. The highest BCUT2D eigenvalue weighted by atomic mass is 32.1. The Morgan fingerprint density at radius 3 is 1.33 bits per heavy atom. The van der Waals surface area contributed by atoms with Crippen LogP contribution in [0.4, 0.5) is 0 Å². The van der Waals surface area contributed by atoms with Crippen LogP contribution in [-0.2, 0) is 0 Å². The molecule has 13 rings (SSSR count). The molecular formula is C58H34OS. The number of hydrogen-bond acceptors (Lipinski definition) is 2. The summed E-state index contributed by atoms with van der Waals surface area (Å²) in [7, 11) is 0. The molecule has 2 heterocycles. The Balaban J connectivity index is 1.06. The lowest BCUT2D eigenvalue weighted by Gasteiger charge is -2.18. The third-order valence-corrected chi connectivity index (χ3v) is 13.9. The van der Waals surface area contributed by atoms with Crippen LogP contribution >= 0.6 is 11.3 Å². The van der Waals surface area contributed by atoms with E-state index in [1.54, 1.807) is 0 Å². The third-order valence-electron chi connectivity index (χ3n) is 12.7. The van der Waals surface area contributed by atoms with Crippen molar-refractivity contribution < 1.29 is 4.42 Å². The highest BCUT2D eigenvalue weighted by Gasteiger charge is 2.23. The van der Waals surface area contributed by atoms with Gasteiger partial charge in [-0.1, -0.05) is 188 Å². The summed E-state index contributed by atoms with van der Waals surface area (Å²) in [6.07, 6.45) is 0. The van der Waals surface area contributed by atoms with Crippen molar-refractivity contribution in [3.63, 3.8) is 0 Å². The summed E-state index contributed by atoms with van der Waals surface area (Å²) in [5, 5.41) is 14.9. The molecule has 2 aromatic heterocycles. The van der Waals surface area contributed by atoms with Crippen LogP contribution in [0.2, 0.25) is 0 Å². The van der Waals surface area contributed by atoms with Gasteiger partial charge in [-0.25, -0.2) is 0 Å². The quantitative estimate of drug-likeness (QED) is 0.162. The summed E-state index contributed by atoms with van der Waals surface area (Å²) in [6.45, 7) is 0. The van der Waals surface area contributed by atoms with Gasteiger partial charge in [0.25, 0.3) is 0 Å². The average molecular weight is 779 g/mol. The molecule has 60 heavy (non-hydrogen) atoms. The minimum absolute atomic E-state index is 0.912. The van der Waals surface area contributed by atoms with E-state index in [1.807, 2.05) is 17.4 Å². The van der Waals surface area contributed by atoms with Gasteiger partial charge < -0.3 is 4.42 Å². The molecule has 0 aliphatic rings. The molecule has 0 radical (unpaired) electrons. The molecule has 0 saturated carbocycles. The van der Waals surface area contributed by atoms with Crippen molar-refractivity contribution in [2.24, 2.45) is 0 Å². The maximum absolute atomic E-state index is 6.66. The topological polar surface area (TPSA) is 13.1 Å². The summed E-state index contributed by atoms with van der Waals surface area (Å²) in [5.41, 5.74) is 11.7. The van der Waals surface area contributed by atoms with Gasteiger partial charge in [-0.05, 0) is 89.1 Å². The average Bonchev–Trinajstić information content (AvgIpc) is 3.89. The highest BCUT2D eigenvalue weighted by Crippen LogP contribution is 2.50. The molecule has 0 spiro atoms. The standard InChI is InChI=1S/C58H34OS/c1-2-16-35(17-3-1)53-38-19-4-6-21-40(38)54(41-22-7-5-20-39(41)53)36-32-33-52-50(34-36)47-28-15-30-49(58(47)60-52)56-44-25-10-8-23-42(44)55(43-24-9-11-26-45(43)56)48-29-14-27-46-37-18-12-13-31-51(37)59-57(46)48/h1-34H. The van der Waals surface area contributed by atoms with E-state index in [-0.39, 0.29) is 0 Å². The smallest absolute Gasteiger partial charge is 0.143 e. The van der Waals surface area contributed by atoms with Gasteiger partial charge in [-0.3, -0.25) is 0 Å². The normalized spacial score (nSPS) is 12.0. The van der Waals surface area contributed by atoms with Crippen LogP contribution in [0.25, 0.3) is 130 Å². The van der Waals surface area contributed by atoms with Crippen molar-refractivity contribution in [2.75, 3.05) is 0 Å². The number of benzene rings is 11. The van der Waals surface area contributed by atoms with E-state index < -0.39 is 0 Å². The van der Waals surface area contributed by atoms with E-state index in [0.717, 1.165) is 27.5 Å².